The molecule has 4 nitrogen and oxygen atoms in total. The van der Waals surface area contributed by atoms with Crippen molar-refractivity contribution in [3.63, 3.8) is 0 Å². The quantitative estimate of drug-likeness (QED) is 0.663. The molecular formula is C16H17N3O. The highest BCUT2D eigenvalue weighted by Crippen LogP contribution is 2.32. The van der Waals surface area contributed by atoms with Gasteiger partial charge in [0.15, 0.2) is 0 Å². The van der Waals surface area contributed by atoms with Crippen LogP contribution in [0.1, 0.15) is 16.7 Å². The largest absolute Gasteiger partial charge is 0.497 e. The Morgan fingerprint density at radius 1 is 1.15 bits per heavy atom. The van der Waals surface area contributed by atoms with E-state index in [0.29, 0.717) is 0 Å². The fraction of sp³-hybridized carbons (Fsp3) is 0.188. The summed E-state index contributed by atoms with van der Waals surface area (Å²) in [6, 6.07) is 14.0. The zero-order valence-corrected chi connectivity index (χ0v) is 11.4. The zero-order chi connectivity index (χ0) is 14.1. The van der Waals surface area contributed by atoms with Crippen molar-refractivity contribution in [2.24, 2.45) is 5.73 Å². The van der Waals surface area contributed by atoms with Gasteiger partial charge in [0.25, 0.3) is 0 Å². The molecule has 0 saturated heterocycles. The van der Waals surface area contributed by atoms with Gasteiger partial charge in [0, 0.05) is 24.7 Å². The maximum Gasteiger partial charge on any atom is 0.124 e. The van der Waals surface area contributed by atoms with Crippen LogP contribution in [0.15, 0.2) is 42.5 Å². The first kappa shape index (κ1) is 12.5. The van der Waals surface area contributed by atoms with E-state index in [1.165, 1.54) is 11.1 Å². The predicted molar refractivity (Wildman–Crippen MR) is 80.3 cm³/mol. The number of nitrogens with one attached hydrogen (secondary N) is 1. The van der Waals surface area contributed by atoms with Crippen LogP contribution in [0.3, 0.4) is 0 Å². The number of rotatable bonds is 3. The fourth-order valence-corrected chi connectivity index (χ4v) is 2.63. The van der Waals surface area contributed by atoms with Crippen molar-refractivity contribution in [2.45, 2.75) is 13.1 Å². The molecule has 1 aliphatic rings. The van der Waals surface area contributed by atoms with Gasteiger partial charge in [0.05, 0.1) is 12.8 Å². The number of nitrogen functional groups attached to an aromatic ring is 1. The number of amidine groups is 1. The Hall–Kier alpha value is -2.49. The Kier molecular flexibility index (Phi) is 3.06. The van der Waals surface area contributed by atoms with E-state index in [1.807, 2.05) is 18.2 Å². The van der Waals surface area contributed by atoms with E-state index in [2.05, 4.69) is 29.2 Å². The minimum absolute atomic E-state index is 0.0820. The molecule has 4 heteroatoms. The molecule has 0 aromatic heterocycles. The van der Waals surface area contributed by atoms with E-state index in [4.69, 9.17) is 15.9 Å². The predicted octanol–water partition coefficient (Wildman–Crippen LogP) is 2.50. The van der Waals surface area contributed by atoms with Crippen LogP contribution in [-0.4, -0.2) is 12.9 Å². The monoisotopic (exact) mass is 267 g/mol. The van der Waals surface area contributed by atoms with Crippen LogP contribution in [0.4, 0.5) is 5.69 Å². The van der Waals surface area contributed by atoms with Gasteiger partial charge in [0.2, 0.25) is 0 Å². The third-order valence-electron chi connectivity index (χ3n) is 3.68. The third kappa shape index (κ3) is 2.09. The molecule has 0 radical (unpaired) electrons. The summed E-state index contributed by atoms with van der Waals surface area (Å²) in [7, 11) is 1.64. The molecule has 0 fully saturated rings. The van der Waals surface area contributed by atoms with Crippen molar-refractivity contribution in [1.82, 2.24) is 0 Å². The first-order valence-corrected chi connectivity index (χ1v) is 6.53. The Labute approximate surface area is 118 Å². The van der Waals surface area contributed by atoms with Crippen LogP contribution in [0.25, 0.3) is 0 Å². The first-order chi connectivity index (χ1) is 9.69. The van der Waals surface area contributed by atoms with Gasteiger partial charge in [-0.15, -0.1) is 0 Å². The van der Waals surface area contributed by atoms with E-state index < -0.39 is 0 Å². The summed E-state index contributed by atoms with van der Waals surface area (Å²) in [6.45, 7) is 1.67. The number of hydrogen-bond acceptors (Lipinski definition) is 3. The van der Waals surface area contributed by atoms with Crippen molar-refractivity contribution >= 4 is 11.5 Å². The van der Waals surface area contributed by atoms with Gasteiger partial charge in [-0.25, -0.2) is 0 Å². The highest BCUT2D eigenvalue weighted by atomic mass is 16.5. The van der Waals surface area contributed by atoms with Crippen LogP contribution in [0.2, 0.25) is 0 Å². The lowest BCUT2D eigenvalue weighted by Crippen LogP contribution is -2.21. The van der Waals surface area contributed by atoms with Gasteiger partial charge >= 0.3 is 0 Å². The number of hydrogen-bond donors (Lipinski definition) is 2. The van der Waals surface area contributed by atoms with Crippen molar-refractivity contribution < 1.29 is 4.74 Å². The van der Waals surface area contributed by atoms with Crippen LogP contribution >= 0.6 is 0 Å². The summed E-state index contributed by atoms with van der Waals surface area (Å²) < 4.78 is 5.29. The molecule has 1 heterocycles. The minimum atomic E-state index is 0.0820. The van der Waals surface area contributed by atoms with Crippen LogP contribution in [0.5, 0.6) is 5.75 Å². The second kappa shape index (κ2) is 4.89. The molecule has 3 N–H and O–H groups in total. The normalized spacial score (nSPS) is 13.2. The minimum Gasteiger partial charge on any atom is -0.497 e. The summed E-state index contributed by atoms with van der Waals surface area (Å²) >= 11 is 0. The molecule has 0 saturated carbocycles. The standard InChI is InChI=1S/C16H17N3O/c1-20-13-6-7-14(16(17)18)15(8-13)19-9-11-4-2-3-5-12(11)10-19/h2-8H,9-10H2,1H3,(H3,17,18). The maximum atomic E-state index is 7.74. The van der Waals surface area contributed by atoms with Crippen molar-refractivity contribution in [3.05, 3.63) is 59.2 Å². The molecule has 0 bridgehead atoms. The topological polar surface area (TPSA) is 62.3 Å². The molecular weight excluding hydrogens is 250 g/mol. The average Bonchev–Trinajstić information content (AvgIpc) is 2.90. The van der Waals surface area contributed by atoms with Gasteiger partial charge in [-0.2, -0.15) is 0 Å². The van der Waals surface area contributed by atoms with Crippen LogP contribution in [-0.2, 0) is 13.1 Å². The number of ether oxygens (including phenoxy) is 1. The molecule has 0 atom stereocenters. The Morgan fingerprint density at radius 2 is 1.80 bits per heavy atom. The number of methoxy groups -OCH3 is 1. The Balaban J connectivity index is 2.00. The smallest absolute Gasteiger partial charge is 0.124 e. The molecule has 2 aromatic rings. The molecule has 2 aromatic carbocycles. The van der Waals surface area contributed by atoms with Crippen molar-refractivity contribution in [3.8, 4) is 5.75 Å². The van der Waals surface area contributed by atoms with Crippen LogP contribution < -0.4 is 15.4 Å². The number of fused-ring (bicyclic) bond motifs is 1. The first-order valence-electron chi connectivity index (χ1n) is 6.53. The Bertz CT molecular complexity index is 642. The molecule has 0 spiro atoms. The van der Waals surface area contributed by atoms with Gasteiger partial charge in [0.1, 0.15) is 11.6 Å². The number of nitrogens with two attached hydrogens (primary N) is 1. The van der Waals surface area contributed by atoms with Crippen molar-refractivity contribution in [1.29, 1.82) is 5.41 Å². The van der Waals surface area contributed by atoms with Gasteiger partial charge in [-0.3, -0.25) is 5.41 Å². The molecule has 20 heavy (non-hydrogen) atoms. The molecule has 0 aliphatic carbocycles. The Morgan fingerprint density at radius 3 is 2.35 bits per heavy atom. The second-order valence-corrected chi connectivity index (χ2v) is 4.92. The van der Waals surface area contributed by atoms with Crippen molar-refractivity contribution in [2.75, 3.05) is 12.0 Å². The SMILES string of the molecule is COc1ccc(C(=N)N)c(N2Cc3ccccc3C2)c1. The summed E-state index contributed by atoms with van der Waals surface area (Å²) in [5.41, 5.74) is 10.0. The summed E-state index contributed by atoms with van der Waals surface area (Å²) in [4.78, 5) is 2.23. The average molecular weight is 267 g/mol. The van der Waals surface area contributed by atoms with Crippen LogP contribution in [0, 0.1) is 5.41 Å². The summed E-state index contributed by atoms with van der Waals surface area (Å²) in [5.74, 6) is 0.861. The van der Waals surface area contributed by atoms with Gasteiger partial charge in [-0.05, 0) is 23.3 Å². The highest BCUT2D eigenvalue weighted by Gasteiger charge is 2.22. The lowest BCUT2D eigenvalue weighted by Gasteiger charge is -2.21. The molecule has 102 valence electrons. The molecule has 0 unspecified atom stereocenters. The number of benzene rings is 2. The summed E-state index contributed by atoms with van der Waals surface area (Å²) in [5, 5.41) is 7.74. The third-order valence-corrected chi connectivity index (χ3v) is 3.68. The number of nitrogens with zero attached hydrogens (tertiary/aromatic N) is 1. The lowest BCUT2D eigenvalue weighted by atomic mass is 10.1. The van der Waals surface area contributed by atoms with Gasteiger partial charge in [-0.1, -0.05) is 24.3 Å². The fourth-order valence-electron chi connectivity index (χ4n) is 2.63. The number of anilines is 1. The summed E-state index contributed by atoms with van der Waals surface area (Å²) in [6.07, 6.45) is 0. The maximum absolute atomic E-state index is 7.74. The second-order valence-electron chi connectivity index (χ2n) is 4.92. The van der Waals surface area contributed by atoms with Gasteiger partial charge < -0.3 is 15.4 Å². The molecule has 1 aliphatic heterocycles. The van der Waals surface area contributed by atoms with E-state index in [1.54, 1.807) is 7.11 Å². The molecule has 3 rings (SSSR count). The van der Waals surface area contributed by atoms with E-state index in [9.17, 15) is 0 Å². The van der Waals surface area contributed by atoms with E-state index in [-0.39, 0.29) is 5.84 Å². The molecule has 0 amide bonds. The van der Waals surface area contributed by atoms with E-state index in [0.717, 1.165) is 30.1 Å². The van der Waals surface area contributed by atoms with E-state index >= 15 is 0 Å². The zero-order valence-electron chi connectivity index (χ0n) is 11.4. The lowest BCUT2D eigenvalue weighted by molar-refractivity contribution is 0.414. The highest BCUT2D eigenvalue weighted by molar-refractivity contribution is 6.00.